The third-order valence-corrected chi connectivity index (χ3v) is 7.80. The van der Waals surface area contributed by atoms with Crippen molar-refractivity contribution in [3.05, 3.63) is 0 Å². The first-order valence-electron chi connectivity index (χ1n) is 11.2. The Morgan fingerprint density at radius 2 is 1.86 bits per heavy atom. The van der Waals surface area contributed by atoms with Crippen molar-refractivity contribution in [3.63, 3.8) is 0 Å². The van der Waals surface area contributed by atoms with Gasteiger partial charge >= 0.3 is 17.9 Å². The number of ether oxygens (including phenoxy) is 3. The van der Waals surface area contributed by atoms with Crippen molar-refractivity contribution in [2.45, 2.75) is 90.3 Å². The molecule has 5 unspecified atom stereocenters. The van der Waals surface area contributed by atoms with Gasteiger partial charge in [0.1, 0.15) is 17.8 Å². The molecule has 1 heterocycles. The predicted octanol–water partition coefficient (Wildman–Crippen LogP) is 3.80. The smallest absolute Gasteiger partial charge is 0.311 e. The minimum atomic E-state index is -0.753. The van der Waals surface area contributed by atoms with Crippen LogP contribution in [0.5, 0.6) is 0 Å². The molecule has 162 valence electrons. The van der Waals surface area contributed by atoms with Crippen LogP contribution in [0.1, 0.15) is 79.1 Å². The van der Waals surface area contributed by atoms with Crippen LogP contribution in [0.3, 0.4) is 0 Å². The van der Waals surface area contributed by atoms with Crippen molar-refractivity contribution >= 4 is 17.9 Å². The standard InChI is InChI=1S/C23H34O6/c1-5-22(9-7-6-8-10-22)28-18(24)16-14-11-15-17(16)19(25)29-23(15,12-14)13-27-20(26)21(2,3)4/h14-17H,5-13H2,1-4H3. The van der Waals surface area contributed by atoms with Crippen molar-refractivity contribution in [2.24, 2.45) is 29.1 Å². The number of esters is 3. The van der Waals surface area contributed by atoms with Gasteiger partial charge in [-0.05, 0) is 71.6 Å². The van der Waals surface area contributed by atoms with Crippen molar-refractivity contribution in [1.82, 2.24) is 0 Å². The Morgan fingerprint density at radius 1 is 1.17 bits per heavy atom. The van der Waals surface area contributed by atoms with Crippen LogP contribution in [0.4, 0.5) is 0 Å². The van der Waals surface area contributed by atoms with Gasteiger partial charge in [-0.25, -0.2) is 0 Å². The fraction of sp³-hybridized carbons (Fsp3) is 0.870. The van der Waals surface area contributed by atoms with Crippen molar-refractivity contribution < 1.29 is 28.6 Å². The Kier molecular flexibility index (Phi) is 4.98. The van der Waals surface area contributed by atoms with E-state index in [9.17, 15) is 14.4 Å². The van der Waals surface area contributed by atoms with Crippen LogP contribution in [0.2, 0.25) is 0 Å². The normalized spacial score (nSPS) is 37.3. The summed E-state index contributed by atoms with van der Waals surface area (Å²) in [6.45, 7) is 7.58. The zero-order valence-electron chi connectivity index (χ0n) is 18.1. The monoisotopic (exact) mass is 406 g/mol. The highest BCUT2D eigenvalue weighted by Crippen LogP contribution is 2.63. The van der Waals surface area contributed by atoms with E-state index < -0.39 is 22.9 Å². The summed E-state index contributed by atoms with van der Waals surface area (Å²) in [5, 5.41) is 0. The van der Waals surface area contributed by atoms with E-state index in [0.717, 1.165) is 38.5 Å². The summed E-state index contributed by atoms with van der Waals surface area (Å²) in [6, 6.07) is 0. The summed E-state index contributed by atoms with van der Waals surface area (Å²) < 4.78 is 17.4. The molecule has 4 aliphatic rings. The largest absolute Gasteiger partial charge is 0.461 e. The fourth-order valence-corrected chi connectivity index (χ4v) is 6.15. The van der Waals surface area contributed by atoms with Gasteiger partial charge in [0.2, 0.25) is 0 Å². The molecule has 0 aromatic rings. The minimum Gasteiger partial charge on any atom is -0.461 e. The van der Waals surface area contributed by atoms with E-state index in [1.807, 2.05) is 0 Å². The summed E-state index contributed by atoms with van der Waals surface area (Å²) in [6.07, 6.45) is 7.37. The Balaban J connectivity index is 1.46. The molecule has 0 radical (unpaired) electrons. The molecule has 4 rings (SSSR count). The third-order valence-electron chi connectivity index (χ3n) is 7.80. The first-order chi connectivity index (χ1) is 13.6. The van der Waals surface area contributed by atoms with E-state index in [4.69, 9.17) is 14.2 Å². The molecule has 1 aliphatic heterocycles. The average Bonchev–Trinajstić information content (AvgIpc) is 3.26. The lowest BCUT2D eigenvalue weighted by Crippen LogP contribution is -2.46. The van der Waals surface area contributed by atoms with E-state index in [0.29, 0.717) is 6.42 Å². The van der Waals surface area contributed by atoms with Gasteiger partial charge in [-0.1, -0.05) is 13.3 Å². The molecule has 6 nitrogen and oxygen atoms in total. The van der Waals surface area contributed by atoms with Gasteiger partial charge in [-0.3, -0.25) is 14.4 Å². The molecule has 1 saturated heterocycles. The van der Waals surface area contributed by atoms with Crippen LogP contribution >= 0.6 is 0 Å². The van der Waals surface area contributed by atoms with Gasteiger partial charge in [0.05, 0.1) is 17.3 Å². The number of rotatable bonds is 5. The van der Waals surface area contributed by atoms with Crippen molar-refractivity contribution in [1.29, 1.82) is 0 Å². The number of hydrogen-bond acceptors (Lipinski definition) is 6. The second-order valence-electron chi connectivity index (χ2n) is 10.7. The van der Waals surface area contributed by atoms with Gasteiger partial charge in [0, 0.05) is 5.92 Å². The second kappa shape index (κ2) is 6.98. The molecule has 5 atom stereocenters. The Hall–Kier alpha value is -1.59. The molecule has 29 heavy (non-hydrogen) atoms. The minimum absolute atomic E-state index is 0.0609. The lowest BCUT2D eigenvalue weighted by Gasteiger charge is -2.38. The number of carbonyl (C=O) groups excluding carboxylic acids is 3. The van der Waals surface area contributed by atoms with Crippen LogP contribution in [0.15, 0.2) is 0 Å². The van der Waals surface area contributed by atoms with E-state index in [1.165, 1.54) is 6.42 Å². The molecule has 0 aromatic heterocycles. The Morgan fingerprint density at radius 3 is 2.48 bits per heavy atom. The van der Waals surface area contributed by atoms with Gasteiger partial charge < -0.3 is 14.2 Å². The zero-order chi connectivity index (χ0) is 21.0. The van der Waals surface area contributed by atoms with Crippen LogP contribution in [-0.4, -0.2) is 35.7 Å². The second-order valence-corrected chi connectivity index (χ2v) is 10.7. The maximum absolute atomic E-state index is 13.2. The SMILES string of the molecule is CCC1(OC(=O)C2C3CC4C2C(=O)OC4(COC(=O)C(C)(C)C)C3)CCCCC1. The highest BCUT2D eigenvalue weighted by atomic mass is 16.6. The molecule has 4 fully saturated rings. The first-order valence-corrected chi connectivity index (χ1v) is 11.2. The number of hydrogen-bond donors (Lipinski definition) is 0. The van der Waals surface area contributed by atoms with E-state index in [2.05, 4.69) is 6.92 Å². The summed E-state index contributed by atoms with van der Waals surface area (Å²) in [7, 11) is 0. The highest BCUT2D eigenvalue weighted by Gasteiger charge is 2.72. The number of carbonyl (C=O) groups is 3. The molecule has 3 saturated carbocycles. The van der Waals surface area contributed by atoms with E-state index in [1.54, 1.807) is 20.8 Å². The van der Waals surface area contributed by atoms with Gasteiger partial charge in [0.25, 0.3) is 0 Å². The summed E-state index contributed by atoms with van der Waals surface area (Å²) in [5.41, 5.74) is -1.71. The molecular formula is C23H34O6. The van der Waals surface area contributed by atoms with Gasteiger partial charge in [-0.2, -0.15) is 0 Å². The maximum atomic E-state index is 13.2. The van der Waals surface area contributed by atoms with Gasteiger partial charge in [0.15, 0.2) is 0 Å². The van der Waals surface area contributed by atoms with Crippen molar-refractivity contribution in [2.75, 3.05) is 6.61 Å². The van der Waals surface area contributed by atoms with Crippen LogP contribution in [0.25, 0.3) is 0 Å². The molecular weight excluding hydrogens is 372 g/mol. The fourth-order valence-electron chi connectivity index (χ4n) is 6.15. The topological polar surface area (TPSA) is 78.9 Å². The summed E-state index contributed by atoms with van der Waals surface area (Å²) >= 11 is 0. The predicted molar refractivity (Wildman–Crippen MR) is 105 cm³/mol. The molecule has 0 spiro atoms. The molecule has 0 N–H and O–H groups in total. The van der Waals surface area contributed by atoms with E-state index in [-0.39, 0.29) is 42.0 Å². The third kappa shape index (κ3) is 3.36. The van der Waals surface area contributed by atoms with Gasteiger partial charge in [-0.15, -0.1) is 0 Å². The molecule has 0 aromatic carbocycles. The lowest BCUT2D eigenvalue weighted by molar-refractivity contribution is -0.174. The summed E-state index contributed by atoms with van der Waals surface area (Å²) in [5.74, 6) is -1.70. The van der Waals surface area contributed by atoms with Crippen LogP contribution in [0, 0.1) is 29.1 Å². The van der Waals surface area contributed by atoms with E-state index >= 15 is 0 Å². The highest BCUT2D eigenvalue weighted by molar-refractivity contribution is 5.86. The molecule has 3 aliphatic carbocycles. The lowest BCUT2D eigenvalue weighted by atomic mass is 9.74. The molecule has 0 amide bonds. The average molecular weight is 407 g/mol. The Labute approximate surface area is 173 Å². The summed E-state index contributed by atoms with van der Waals surface area (Å²) in [4.78, 5) is 38.1. The maximum Gasteiger partial charge on any atom is 0.311 e. The zero-order valence-corrected chi connectivity index (χ0v) is 18.1. The first kappa shape index (κ1) is 20.7. The quantitative estimate of drug-likeness (QED) is 0.510. The number of fused-ring (bicyclic) bond motifs is 1. The van der Waals surface area contributed by atoms with Crippen LogP contribution in [-0.2, 0) is 28.6 Å². The Bertz CT molecular complexity index is 701. The molecule has 2 bridgehead atoms. The van der Waals surface area contributed by atoms with Crippen LogP contribution < -0.4 is 0 Å². The van der Waals surface area contributed by atoms with Crippen molar-refractivity contribution in [3.8, 4) is 0 Å². The molecule has 6 heteroatoms.